The van der Waals surface area contributed by atoms with Crippen LogP contribution in [0.3, 0.4) is 0 Å². The molecule has 1 nitrogen and oxygen atoms in total. The van der Waals surface area contributed by atoms with Gasteiger partial charge in [-0.1, -0.05) is 49.4 Å². The molecule has 0 aliphatic rings. The summed E-state index contributed by atoms with van der Waals surface area (Å²) in [6.45, 7) is 2.14. The molecule has 1 N–H and O–H groups in total. The summed E-state index contributed by atoms with van der Waals surface area (Å²) in [5, 5.41) is 13.8. The molecule has 0 radical (unpaired) electrons. The van der Waals surface area contributed by atoms with Crippen LogP contribution in [0.25, 0.3) is 10.1 Å². The molecule has 1 atom stereocenters. The average molecular weight is 282 g/mol. The first-order valence-corrected chi connectivity index (χ1v) is 7.88. The van der Waals surface area contributed by atoms with Gasteiger partial charge in [-0.25, -0.2) is 0 Å². The Morgan fingerprint density at radius 3 is 2.55 bits per heavy atom. The fourth-order valence-electron chi connectivity index (χ4n) is 2.49. The van der Waals surface area contributed by atoms with Crippen LogP contribution in [-0.4, -0.2) is 5.11 Å². The van der Waals surface area contributed by atoms with Crippen molar-refractivity contribution in [3.63, 3.8) is 0 Å². The molecule has 1 aromatic heterocycles. The van der Waals surface area contributed by atoms with Crippen molar-refractivity contribution in [1.29, 1.82) is 0 Å². The molecule has 0 amide bonds. The summed E-state index contributed by atoms with van der Waals surface area (Å²) in [6, 6.07) is 16.7. The maximum Gasteiger partial charge on any atom is 0.0830 e. The number of aliphatic hydroxyl groups excluding tert-OH is 1. The molecule has 3 aromatic rings. The predicted molar refractivity (Wildman–Crippen MR) is 86.3 cm³/mol. The molecule has 2 heteroatoms. The molecule has 102 valence electrons. The van der Waals surface area contributed by atoms with Gasteiger partial charge in [-0.2, -0.15) is 0 Å². The number of rotatable bonds is 4. The standard InChI is InChI=1S/C18H18OS/c1-2-13-7-9-14(10-8-13)17(19)11-15-12-20-18-6-4-3-5-16(15)18/h3-10,12,17,19H,2,11H2,1H3. The van der Waals surface area contributed by atoms with Crippen LogP contribution in [-0.2, 0) is 12.8 Å². The zero-order valence-corrected chi connectivity index (χ0v) is 12.4. The molecule has 1 unspecified atom stereocenters. The van der Waals surface area contributed by atoms with Crippen molar-refractivity contribution in [2.45, 2.75) is 25.9 Å². The quantitative estimate of drug-likeness (QED) is 0.733. The summed E-state index contributed by atoms with van der Waals surface area (Å²) >= 11 is 1.75. The SMILES string of the molecule is CCc1ccc(C(O)Cc2csc3ccccc23)cc1. The van der Waals surface area contributed by atoms with Gasteiger partial charge in [0.1, 0.15) is 0 Å². The Hall–Kier alpha value is -1.64. The topological polar surface area (TPSA) is 20.2 Å². The third kappa shape index (κ3) is 2.62. The summed E-state index contributed by atoms with van der Waals surface area (Å²) in [6.07, 6.45) is 1.28. The first-order chi connectivity index (χ1) is 9.78. The Balaban J connectivity index is 1.82. The molecule has 2 aromatic carbocycles. The van der Waals surface area contributed by atoms with Crippen molar-refractivity contribution in [3.05, 3.63) is 70.6 Å². The van der Waals surface area contributed by atoms with E-state index in [0.29, 0.717) is 6.42 Å². The normalized spacial score (nSPS) is 12.7. The predicted octanol–water partition coefficient (Wildman–Crippen LogP) is 4.74. The Labute approximate surface area is 123 Å². The third-order valence-corrected chi connectivity index (χ3v) is 4.76. The third-order valence-electron chi connectivity index (χ3n) is 3.75. The number of fused-ring (bicyclic) bond motifs is 1. The van der Waals surface area contributed by atoms with Crippen molar-refractivity contribution < 1.29 is 5.11 Å². The van der Waals surface area contributed by atoms with Gasteiger partial charge in [0.15, 0.2) is 0 Å². The Kier molecular flexibility index (Phi) is 3.86. The van der Waals surface area contributed by atoms with Crippen LogP contribution in [0, 0.1) is 0 Å². The van der Waals surface area contributed by atoms with Crippen molar-refractivity contribution in [1.82, 2.24) is 0 Å². The maximum atomic E-state index is 10.4. The van der Waals surface area contributed by atoms with Crippen LogP contribution in [0.1, 0.15) is 29.7 Å². The monoisotopic (exact) mass is 282 g/mol. The lowest BCUT2D eigenvalue weighted by molar-refractivity contribution is 0.179. The van der Waals surface area contributed by atoms with Gasteiger partial charge < -0.3 is 5.11 Å². The van der Waals surface area contributed by atoms with Gasteiger partial charge in [0.25, 0.3) is 0 Å². The van der Waals surface area contributed by atoms with Crippen molar-refractivity contribution in [3.8, 4) is 0 Å². The summed E-state index contributed by atoms with van der Waals surface area (Å²) in [7, 11) is 0. The number of thiophene rings is 1. The van der Waals surface area contributed by atoms with Gasteiger partial charge >= 0.3 is 0 Å². The van der Waals surface area contributed by atoms with E-state index in [1.165, 1.54) is 21.2 Å². The van der Waals surface area contributed by atoms with E-state index < -0.39 is 6.10 Å². The Morgan fingerprint density at radius 2 is 1.80 bits per heavy atom. The summed E-state index contributed by atoms with van der Waals surface area (Å²) < 4.78 is 1.29. The zero-order valence-electron chi connectivity index (χ0n) is 11.5. The van der Waals surface area contributed by atoms with Gasteiger partial charge in [0.05, 0.1) is 6.10 Å². The smallest absolute Gasteiger partial charge is 0.0830 e. The largest absolute Gasteiger partial charge is 0.388 e. The number of aryl methyl sites for hydroxylation is 1. The highest BCUT2D eigenvalue weighted by molar-refractivity contribution is 7.17. The molecular weight excluding hydrogens is 264 g/mol. The van der Waals surface area contributed by atoms with Crippen LogP contribution >= 0.6 is 11.3 Å². The van der Waals surface area contributed by atoms with Gasteiger partial charge in [-0.15, -0.1) is 11.3 Å². The first-order valence-electron chi connectivity index (χ1n) is 7.00. The van der Waals surface area contributed by atoms with Crippen LogP contribution in [0.4, 0.5) is 0 Å². The molecule has 0 fully saturated rings. The first kappa shape index (κ1) is 13.3. The maximum absolute atomic E-state index is 10.4. The summed E-state index contributed by atoms with van der Waals surface area (Å²) in [4.78, 5) is 0. The number of aliphatic hydroxyl groups is 1. The van der Waals surface area contributed by atoms with Gasteiger partial charge in [0.2, 0.25) is 0 Å². The van der Waals surface area contributed by atoms with Gasteiger partial charge in [-0.05, 0) is 39.9 Å². The highest BCUT2D eigenvalue weighted by Crippen LogP contribution is 2.29. The minimum atomic E-state index is -0.432. The van der Waals surface area contributed by atoms with Crippen molar-refractivity contribution in [2.24, 2.45) is 0 Å². The van der Waals surface area contributed by atoms with Crippen molar-refractivity contribution >= 4 is 21.4 Å². The molecule has 0 saturated heterocycles. The highest BCUT2D eigenvalue weighted by atomic mass is 32.1. The lowest BCUT2D eigenvalue weighted by Gasteiger charge is -2.11. The molecule has 20 heavy (non-hydrogen) atoms. The minimum Gasteiger partial charge on any atom is -0.388 e. The number of hydrogen-bond donors (Lipinski definition) is 1. The van der Waals surface area contributed by atoms with Crippen LogP contribution in [0.2, 0.25) is 0 Å². The highest BCUT2D eigenvalue weighted by Gasteiger charge is 2.11. The second kappa shape index (κ2) is 5.78. The van der Waals surface area contributed by atoms with E-state index in [1.807, 2.05) is 12.1 Å². The fourth-order valence-corrected chi connectivity index (χ4v) is 3.47. The average Bonchev–Trinajstić information content (AvgIpc) is 2.91. The minimum absolute atomic E-state index is 0.432. The number of benzene rings is 2. The van der Waals surface area contributed by atoms with Crippen LogP contribution in [0.5, 0.6) is 0 Å². The van der Waals surface area contributed by atoms with Crippen LogP contribution in [0.15, 0.2) is 53.9 Å². The Morgan fingerprint density at radius 1 is 1.05 bits per heavy atom. The summed E-state index contributed by atoms with van der Waals surface area (Å²) in [5.41, 5.74) is 3.54. The van der Waals surface area contributed by atoms with E-state index in [4.69, 9.17) is 0 Å². The van der Waals surface area contributed by atoms with E-state index in [9.17, 15) is 5.11 Å². The second-order valence-corrected chi connectivity index (χ2v) is 5.98. The van der Waals surface area contributed by atoms with Crippen molar-refractivity contribution in [2.75, 3.05) is 0 Å². The van der Waals surface area contributed by atoms with E-state index in [1.54, 1.807) is 11.3 Å². The zero-order chi connectivity index (χ0) is 13.9. The number of hydrogen-bond acceptors (Lipinski definition) is 2. The lowest BCUT2D eigenvalue weighted by Crippen LogP contribution is -2.01. The Bertz CT molecular complexity index is 697. The summed E-state index contributed by atoms with van der Waals surface area (Å²) in [5.74, 6) is 0. The van der Waals surface area contributed by atoms with E-state index in [0.717, 1.165) is 12.0 Å². The fraction of sp³-hybridized carbons (Fsp3) is 0.222. The molecule has 1 heterocycles. The molecule has 0 bridgehead atoms. The lowest BCUT2D eigenvalue weighted by atomic mass is 9.99. The van der Waals surface area contributed by atoms with Crippen LogP contribution < -0.4 is 0 Å². The molecule has 0 aliphatic heterocycles. The molecular formula is C18H18OS. The van der Waals surface area contributed by atoms with Gasteiger partial charge in [-0.3, -0.25) is 0 Å². The van der Waals surface area contributed by atoms with Gasteiger partial charge in [0, 0.05) is 11.1 Å². The molecule has 0 spiro atoms. The van der Waals surface area contributed by atoms with E-state index in [2.05, 4.69) is 48.7 Å². The molecule has 3 rings (SSSR count). The molecule has 0 aliphatic carbocycles. The molecule has 0 saturated carbocycles. The van der Waals surface area contributed by atoms with E-state index >= 15 is 0 Å². The second-order valence-electron chi connectivity index (χ2n) is 5.07. The van der Waals surface area contributed by atoms with E-state index in [-0.39, 0.29) is 0 Å².